The van der Waals surface area contributed by atoms with E-state index >= 15 is 0 Å². The van der Waals surface area contributed by atoms with Crippen molar-refractivity contribution in [3.8, 4) is 0 Å². The number of sulfonamides is 1. The minimum atomic E-state index is -3.57. The summed E-state index contributed by atoms with van der Waals surface area (Å²) in [4.78, 5) is 11.3. The Balaban J connectivity index is 1.60. The van der Waals surface area contributed by atoms with E-state index in [9.17, 15) is 8.42 Å². The zero-order chi connectivity index (χ0) is 20.2. The van der Waals surface area contributed by atoms with Gasteiger partial charge in [0.15, 0.2) is 5.16 Å². The lowest BCUT2D eigenvalue weighted by molar-refractivity contribution is 0.0873. The SMILES string of the molecule is CSc1nccc(N2CC3CC(C2)N3S(=O)(=O)c2c(C)nn(C(C)C)c2C)n1. The third-order valence-electron chi connectivity index (χ3n) is 5.53. The third-order valence-corrected chi connectivity index (χ3v) is 8.35. The molecule has 5 rings (SSSR count). The average molecular weight is 423 g/mol. The van der Waals surface area contributed by atoms with E-state index in [0.29, 0.717) is 23.7 Å². The molecule has 2 unspecified atom stereocenters. The number of rotatable bonds is 5. The van der Waals surface area contributed by atoms with Crippen molar-refractivity contribution < 1.29 is 8.42 Å². The van der Waals surface area contributed by atoms with Crippen LogP contribution >= 0.6 is 11.8 Å². The van der Waals surface area contributed by atoms with Gasteiger partial charge >= 0.3 is 0 Å². The van der Waals surface area contributed by atoms with Crippen molar-refractivity contribution in [2.75, 3.05) is 24.2 Å². The Kier molecular flexibility index (Phi) is 4.91. The van der Waals surface area contributed by atoms with E-state index < -0.39 is 10.0 Å². The Morgan fingerprint density at radius 2 is 1.89 bits per heavy atom. The molecule has 2 atom stereocenters. The molecule has 0 spiro atoms. The Bertz CT molecular complexity index is 991. The fourth-order valence-corrected chi connectivity index (χ4v) is 6.92. The number of fused-ring (bicyclic) bond motifs is 2. The minimum absolute atomic E-state index is 0.0300. The highest BCUT2D eigenvalue weighted by molar-refractivity contribution is 7.98. The predicted molar refractivity (Wildman–Crippen MR) is 109 cm³/mol. The van der Waals surface area contributed by atoms with Gasteiger partial charge in [-0.25, -0.2) is 18.4 Å². The number of piperazine rings is 1. The van der Waals surface area contributed by atoms with Crippen molar-refractivity contribution >= 4 is 27.6 Å². The van der Waals surface area contributed by atoms with Crippen molar-refractivity contribution in [2.24, 2.45) is 0 Å². The van der Waals surface area contributed by atoms with Gasteiger partial charge in [0.05, 0.1) is 11.4 Å². The number of hydrogen-bond donors (Lipinski definition) is 0. The van der Waals surface area contributed by atoms with Crippen molar-refractivity contribution in [3.05, 3.63) is 23.7 Å². The van der Waals surface area contributed by atoms with E-state index in [2.05, 4.69) is 20.0 Å². The first-order valence-corrected chi connectivity index (χ1v) is 12.1. The standard InChI is InChI=1S/C18H26N6O2S2/c1-11(2)23-13(4)17(12(3)21-23)28(25,26)24-14-8-15(24)10-22(9-14)16-6-7-19-18(20-16)27-5/h6-7,11,14-15H,8-10H2,1-5H3. The predicted octanol–water partition coefficient (Wildman–Crippen LogP) is 2.24. The first-order chi connectivity index (χ1) is 13.2. The van der Waals surface area contributed by atoms with Crippen LogP contribution in [0.3, 0.4) is 0 Å². The molecule has 10 heteroatoms. The summed E-state index contributed by atoms with van der Waals surface area (Å²) in [7, 11) is -3.57. The lowest BCUT2D eigenvalue weighted by Crippen LogP contribution is -2.70. The molecule has 0 radical (unpaired) electrons. The largest absolute Gasteiger partial charge is 0.353 e. The van der Waals surface area contributed by atoms with Gasteiger partial charge in [-0.3, -0.25) is 4.68 Å². The monoisotopic (exact) mass is 422 g/mol. The van der Waals surface area contributed by atoms with Crippen LogP contribution in [-0.4, -0.2) is 63.9 Å². The summed E-state index contributed by atoms with van der Waals surface area (Å²) in [5, 5.41) is 5.20. The van der Waals surface area contributed by atoms with E-state index in [1.54, 1.807) is 22.1 Å². The van der Waals surface area contributed by atoms with E-state index in [1.165, 1.54) is 11.8 Å². The molecular weight excluding hydrogens is 396 g/mol. The molecule has 2 bridgehead atoms. The molecule has 0 amide bonds. The van der Waals surface area contributed by atoms with Crippen LogP contribution in [0.2, 0.25) is 0 Å². The van der Waals surface area contributed by atoms with Crippen LogP contribution in [0.4, 0.5) is 5.82 Å². The first kappa shape index (κ1) is 19.7. The Morgan fingerprint density at radius 1 is 1.21 bits per heavy atom. The maximum absolute atomic E-state index is 13.5. The Hall–Kier alpha value is -1.65. The molecular formula is C18H26N6O2S2. The van der Waals surface area contributed by atoms with Gasteiger partial charge in [-0.2, -0.15) is 9.40 Å². The van der Waals surface area contributed by atoms with Crippen molar-refractivity contribution in [1.29, 1.82) is 0 Å². The molecule has 152 valence electrons. The topological polar surface area (TPSA) is 84.2 Å². The van der Waals surface area contributed by atoms with Crippen LogP contribution in [-0.2, 0) is 10.0 Å². The van der Waals surface area contributed by atoms with Crippen molar-refractivity contribution in [3.63, 3.8) is 0 Å². The molecule has 2 aromatic rings. The van der Waals surface area contributed by atoms with E-state index in [0.717, 1.165) is 23.1 Å². The molecule has 3 aliphatic heterocycles. The van der Waals surface area contributed by atoms with Crippen molar-refractivity contribution in [1.82, 2.24) is 24.1 Å². The highest BCUT2D eigenvalue weighted by atomic mass is 32.2. The Morgan fingerprint density at radius 3 is 2.46 bits per heavy atom. The fraction of sp³-hybridized carbons (Fsp3) is 0.611. The van der Waals surface area contributed by atoms with Crippen LogP contribution in [0.1, 0.15) is 37.7 Å². The van der Waals surface area contributed by atoms with Crippen LogP contribution in [0.15, 0.2) is 22.3 Å². The number of nitrogens with zero attached hydrogens (tertiary/aromatic N) is 6. The normalized spacial score (nSPS) is 22.6. The zero-order valence-corrected chi connectivity index (χ0v) is 18.5. The second kappa shape index (κ2) is 7.00. The van der Waals surface area contributed by atoms with Crippen LogP contribution in [0.25, 0.3) is 0 Å². The van der Waals surface area contributed by atoms with E-state index in [4.69, 9.17) is 0 Å². The first-order valence-electron chi connectivity index (χ1n) is 9.45. The quantitative estimate of drug-likeness (QED) is 0.540. The van der Waals surface area contributed by atoms with Crippen LogP contribution in [0.5, 0.6) is 0 Å². The van der Waals surface area contributed by atoms with E-state index in [1.807, 2.05) is 33.1 Å². The summed E-state index contributed by atoms with van der Waals surface area (Å²) in [6.07, 6.45) is 4.60. The van der Waals surface area contributed by atoms with Crippen LogP contribution < -0.4 is 4.90 Å². The summed E-state index contributed by atoms with van der Waals surface area (Å²) in [6.45, 7) is 8.95. The molecule has 0 aliphatic carbocycles. The van der Waals surface area contributed by atoms with Gasteiger partial charge in [-0.1, -0.05) is 11.8 Å². The number of thioether (sulfide) groups is 1. The molecule has 8 nitrogen and oxygen atoms in total. The highest BCUT2D eigenvalue weighted by Gasteiger charge is 2.52. The molecule has 0 saturated carbocycles. The maximum atomic E-state index is 13.5. The summed E-state index contributed by atoms with van der Waals surface area (Å²) in [5.41, 5.74) is 1.29. The van der Waals surface area contributed by atoms with Gasteiger partial charge in [0.25, 0.3) is 0 Å². The van der Waals surface area contributed by atoms with Gasteiger partial charge < -0.3 is 4.90 Å². The van der Waals surface area contributed by atoms with Gasteiger partial charge in [-0.15, -0.1) is 0 Å². The Labute approximate surface area is 170 Å². The molecule has 3 saturated heterocycles. The summed E-state index contributed by atoms with van der Waals surface area (Å²) >= 11 is 1.50. The number of piperidine rings is 1. The summed E-state index contributed by atoms with van der Waals surface area (Å²) < 4.78 is 30.4. The number of aromatic nitrogens is 4. The van der Waals surface area contributed by atoms with Gasteiger partial charge in [0.2, 0.25) is 10.0 Å². The van der Waals surface area contributed by atoms with E-state index in [-0.39, 0.29) is 18.1 Å². The second-order valence-electron chi connectivity index (χ2n) is 7.72. The number of aryl methyl sites for hydroxylation is 1. The third kappa shape index (κ3) is 3.02. The van der Waals surface area contributed by atoms with Crippen LogP contribution in [0, 0.1) is 13.8 Å². The molecule has 5 heterocycles. The number of anilines is 1. The maximum Gasteiger partial charge on any atom is 0.247 e. The summed E-state index contributed by atoms with van der Waals surface area (Å²) in [5.74, 6) is 0.867. The second-order valence-corrected chi connectivity index (χ2v) is 10.3. The molecule has 0 N–H and O–H groups in total. The fourth-order valence-electron chi connectivity index (χ4n) is 4.39. The average Bonchev–Trinajstić information content (AvgIpc) is 2.96. The molecule has 3 aliphatic rings. The number of hydrogen-bond acceptors (Lipinski definition) is 7. The van der Waals surface area contributed by atoms with Gasteiger partial charge in [0.1, 0.15) is 10.7 Å². The van der Waals surface area contributed by atoms with Gasteiger partial charge in [0, 0.05) is 37.4 Å². The van der Waals surface area contributed by atoms with Crippen molar-refractivity contribution in [2.45, 2.75) is 62.3 Å². The highest BCUT2D eigenvalue weighted by Crippen LogP contribution is 2.40. The molecule has 3 fully saturated rings. The lowest BCUT2D eigenvalue weighted by atomic mass is 9.91. The smallest absolute Gasteiger partial charge is 0.247 e. The minimum Gasteiger partial charge on any atom is -0.353 e. The molecule has 2 aromatic heterocycles. The zero-order valence-electron chi connectivity index (χ0n) is 16.8. The van der Waals surface area contributed by atoms with Gasteiger partial charge in [-0.05, 0) is 46.4 Å². The summed E-state index contributed by atoms with van der Waals surface area (Å²) in [6, 6.07) is 1.96. The molecule has 28 heavy (non-hydrogen) atoms. The molecule has 0 aromatic carbocycles. The lowest BCUT2D eigenvalue weighted by Gasteiger charge is -2.55.